The molecule has 2 heterocycles. The first-order valence-electron chi connectivity index (χ1n) is 8.75. The van der Waals surface area contributed by atoms with Crippen LogP contribution >= 0.6 is 23.2 Å². The number of piperazine rings is 1. The molecule has 1 aromatic carbocycles. The summed E-state index contributed by atoms with van der Waals surface area (Å²) in [6.45, 7) is 0.663. The lowest BCUT2D eigenvalue weighted by atomic mass is 9.83. The van der Waals surface area contributed by atoms with E-state index in [-0.39, 0.29) is 36.8 Å². The van der Waals surface area contributed by atoms with Crippen LogP contribution in [0.3, 0.4) is 0 Å². The third kappa shape index (κ3) is 4.01. The molecule has 2 N–H and O–H groups in total. The van der Waals surface area contributed by atoms with Gasteiger partial charge in [0.25, 0.3) is 5.91 Å². The highest BCUT2D eigenvalue weighted by Crippen LogP contribution is 2.43. The molecule has 0 spiro atoms. The first-order chi connectivity index (χ1) is 12.8. The lowest BCUT2D eigenvalue weighted by Crippen LogP contribution is -2.61. The minimum Gasteiger partial charge on any atom is -0.508 e. The molecule has 0 radical (unpaired) electrons. The maximum atomic E-state index is 12.5. The lowest BCUT2D eigenvalue weighted by Gasteiger charge is -2.46. The zero-order valence-electron chi connectivity index (χ0n) is 14.9. The van der Waals surface area contributed by atoms with Gasteiger partial charge < -0.3 is 24.7 Å². The van der Waals surface area contributed by atoms with Gasteiger partial charge in [-0.05, 0) is 30.9 Å². The minimum absolute atomic E-state index is 0.0516. The summed E-state index contributed by atoms with van der Waals surface area (Å²) >= 11 is 12.4. The molecule has 2 saturated heterocycles. The Labute approximate surface area is 167 Å². The number of hydrogen-bond acceptors (Lipinski definition) is 5. The number of aliphatic hydroxyl groups excluding tert-OH is 1. The number of fused-ring (bicyclic) bond motifs is 1. The summed E-state index contributed by atoms with van der Waals surface area (Å²) in [5.74, 6) is -0.669. The van der Waals surface area contributed by atoms with E-state index in [1.54, 1.807) is 11.0 Å². The Balaban J connectivity index is 1.78. The first-order valence-corrected chi connectivity index (χ1v) is 9.51. The highest BCUT2D eigenvalue weighted by molar-refractivity contribution is 6.42. The van der Waals surface area contributed by atoms with Gasteiger partial charge >= 0.3 is 0 Å². The zero-order chi connectivity index (χ0) is 19.7. The number of aromatic hydroxyl groups is 1. The molecule has 2 aliphatic heterocycles. The van der Waals surface area contributed by atoms with Gasteiger partial charge in [-0.3, -0.25) is 9.59 Å². The Kier molecular flexibility index (Phi) is 6.15. The summed E-state index contributed by atoms with van der Waals surface area (Å²) in [5.41, 5.74) is 0.583. The van der Waals surface area contributed by atoms with Crippen LogP contribution in [0.15, 0.2) is 12.1 Å². The third-order valence-electron chi connectivity index (χ3n) is 5.23. The molecule has 2 aliphatic rings. The van der Waals surface area contributed by atoms with E-state index >= 15 is 0 Å². The fourth-order valence-electron chi connectivity index (χ4n) is 3.94. The molecular weight excluding hydrogens is 395 g/mol. The number of rotatable bonds is 4. The maximum Gasteiger partial charge on any atom is 0.254 e. The topological polar surface area (TPSA) is 90.3 Å². The van der Waals surface area contributed by atoms with Gasteiger partial charge in [0.05, 0.1) is 23.2 Å². The number of ether oxygens (including phenoxy) is 1. The van der Waals surface area contributed by atoms with Crippen molar-refractivity contribution in [1.29, 1.82) is 0 Å². The van der Waals surface area contributed by atoms with Crippen molar-refractivity contribution in [1.82, 2.24) is 9.80 Å². The summed E-state index contributed by atoms with van der Waals surface area (Å²) in [4.78, 5) is 28.0. The number of halogens is 2. The van der Waals surface area contributed by atoms with Crippen molar-refractivity contribution >= 4 is 35.0 Å². The number of benzene rings is 1. The van der Waals surface area contributed by atoms with Crippen LogP contribution in [0.4, 0.5) is 0 Å². The summed E-state index contributed by atoms with van der Waals surface area (Å²) in [7, 11) is 1.40. The van der Waals surface area contributed by atoms with E-state index in [9.17, 15) is 19.8 Å². The predicted octanol–water partition coefficient (Wildman–Crippen LogP) is 1.62. The van der Waals surface area contributed by atoms with Crippen LogP contribution in [0.1, 0.15) is 24.3 Å². The van der Waals surface area contributed by atoms with E-state index in [0.717, 1.165) is 0 Å². The quantitative estimate of drug-likeness (QED) is 0.777. The number of carbonyl (C=O) groups is 2. The highest BCUT2D eigenvalue weighted by Gasteiger charge is 2.41. The second-order valence-electron chi connectivity index (χ2n) is 6.95. The maximum absolute atomic E-state index is 12.5. The number of hydrogen-bond donors (Lipinski definition) is 2. The summed E-state index contributed by atoms with van der Waals surface area (Å²) in [5, 5.41) is 20.8. The molecule has 0 bridgehead atoms. The Bertz CT molecular complexity index is 745. The van der Waals surface area contributed by atoms with Crippen molar-refractivity contribution in [2.75, 3.05) is 33.4 Å². The van der Waals surface area contributed by atoms with Crippen LogP contribution in [0.2, 0.25) is 10.0 Å². The molecule has 3 rings (SSSR count). The van der Waals surface area contributed by atoms with E-state index < -0.39 is 12.0 Å². The fraction of sp³-hybridized carbons (Fsp3) is 0.556. The number of carbonyl (C=O) groups excluding carboxylic acids is 2. The lowest BCUT2D eigenvalue weighted by molar-refractivity contribution is -0.156. The third-order valence-corrected chi connectivity index (χ3v) is 6.05. The summed E-state index contributed by atoms with van der Waals surface area (Å²) in [6.07, 6.45) is -0.0975. The molecule has 0 saturated carbocycles. The molecule has 1 aromatic rings. The van der Waals surface area contributed by atoms with E-state index in [1.807, 2.05) is 0 Å². The first kappa shape index (κ1) is 20.2. The molecule has 7 nitrogen and oxygen atoms in total. The minimum atomic E-state index is -1.29. The van der Waals surface area contributed by atoms with Gasteiger partial charge in [-0.1, -0.05) is 23.2 Å². The number of phenols is 1. The highest BCUT2D eigenvalue weighted by atomic mass is 35.5. The monoisotopic (exact) mass is 416 g/mol. The smallest absolute Gasteiger partial charge is 0.254 e. The van der Waals surface area contributed by atoms with Crippen molar-refractivity contribution in [3.63, 3.8) is 0 Å². The summed E-state index contributed by atoms with van der Waals surface area (Å²) < 4.78 is 4.81. The standard InChI is InChI=1S/C18H22Cl2N2O5/c1-27-9-14(24)18(26)21-7-11-6-10(4-5-22(11)15(25)8-21)16-13(23)3-2-12(19)17(16)20/h2-3,10-11,14,23-24H,4-9H2,1H3/t10-,11+,14-/m1/s1. The van der Waals surface area contributed by atoms with Crippen LogP contribution in [-0.4, -0.2) is 77.3 Å². The van der Waals surface area contributed by atoms with E-state index in [4.69, 9.17) is 27.9 Å². The molecule has 2 fully saturated rings. The molecule has 0 aliphatic carbocycles. The number of amides is 2. The van der Waals surface area contributed by atoms with Crippen molar-refractivity contribution in [2.24, 2.45) is 0 Å². The number of piperidine rings is 1. The molecule has 0 unspecified atom stereocenters. The number of phenolic OH excluding ortho intramolecular Hbond substituents is 1. The van der Waals surface area contributed by atoms with Gasteiger partial charge in [-0.15, -0.1) is 0 Å². The van der Waals surface area contributed by atoms with Gasteiger partial charge in [-0.2, -0.15) is 0 Å². The average molecular weight is 417 g/mol. The Hall–Kier alpha value is -1.54. The van der Waals surface area contributed by atoms with Crippen molar-refractivity contribution in [3.8, 4) is 5.75 Å². The average Bonchev–Trinajstić information content (AvgIpc) is 2.64. The molecule has 3 atom stereocenters. The van der Waals surface area contributed by atoms with Crippen molar-refractivity contribution < 1.29 is 24.5 Å². The Morgan fingerprint density at radius 3 is 2.85 bits per heavy atom. The predicted molar refractivity (Wildman–Crippen MR) is 100 cm³/mol. The molecule has 27 heavy (non-hydrogen) atoms. The van der Waals surface area contributed by atoms with Crippen molar-refractivity contribution in [2.45, 2.75) is 30.9 Å². The van der Waals surface area contributed by atoms with Crippen LogP contribution in [0.5, 0.6) is 5.75 Å². The number of aliphatic hydroxyl groups is 1. The SMILES string of the molecule is COC[C@@H](O)C(=O)N1CC(=O)N2CC[C@@H](c3c(O)ccc(Cl)c3Cl)C[C@H]2C1. The fourth-order valence-corrected chi connectivity index (χ4v) is 4.42. The van der Waals surface area contributed by atoms with Crippen LogP contribution < -0.4 is 0 Å². The molecule has 0 aromatic heterocycles. The zero-order valence-corrected chi connectivity index (χ0v) is 16.4. The summed E-state index contributed by atoms with van der Waals surface area (Å²) in [6, 6.07) is 2.84. The molecule has 9 heteroatoms. The second-order valence-corrected chi connectivity index (χ2v) is 7.73. The Morgan fingerprint density at radius 2 is 2.15 bits per heavy atom. The van der Waals surface area contributed by atoms with Crippen molar-refractivity contribution in [3.05, 3.63) is 27.7 Å². The largest absolute Gasteiger partial charge is 0.508 e. The van der Waals surface area contributed by atoms with Crippen LogP contribution in [0, 0.1) is 0 Å². The van der Waals surface area contributed by atoms with E-state index in [2.05, 4.69) is 0 Å². The second kappa shape index (κ2) is 8.22. The Morgan fingerprint density at radius 1 is 1.41 bits per heavy atom. The molecule has 2 amide bonds. The van der Waals surface area contributed by atoms with Crippen LogP contribution in [-0.2, 0) is 14.3 Å². The number of methoxy groups -OCH3 is 1. The van der Waals surface area contributed by atoms with Gasteiger partial charge in [0, 0.05) is 31.8 Å². The van der Waals surface area contributed by atoms with Gasteiger partial charge in [-0.25, -0.2) is 0 Å². The van der Waals surface area contributed by atoms with Gasteiger partial charge in [0.1, 0.15) is 5.75 Å². The van der Waals surface area contributed by atoms with Gasteiger partial charge in [0.15, 0.2) is 6.10 Å². The van der Waals surface area contributed by atoms with E-state index in [1.165, 1.54) is 18.1 Å². The molecular formula is C18H22Cl2N2O5. The van der Waals surface area contributed by atoms with Crippen LogP contribution in [0.25, 0.3) is 0 Å². The normalized spacial score (nSPS) is 23.9. The molecule has 148 valence electrons. The van der Waals surface area contributed by atoms with Gasteiger partial charge in [0.2, 0.25) is 5.91 Å². The number of nitrogens with zero attached hydrogens (tertiary/aromatic N) is 2. The van der Waals surface area contributed by atoms with E-state index in [0.29, 0.717) is 41.5 Å².